The molecule has 0 aliphatic heterocycles. The van der Waals surface area contributed by atoms with Gasteiger partial charge in [-0.25, -0.2) is 0 Å². The Kier molecular flexibility index (Phi) is 2.24. The minimum atomic E-state index is -2.96. The van der Waals surface area contributed by atoms with Crippen molar-refractivity contribution in [2.45, 2.75) is 45.3 Å². The van der Waals surface area contributed by atoms with Gasteiger partial charge in [-0.2, -0.15) is 0 Å². The molecule has 0 atom stereocenters. The fourth-order valence-corrected chi connectivity index (χ4v) is 0.564. The first-order valence-corrected chi connectivity index (χ1v) is 3.17. The summed E-state index contributed by atoms with van der Waals surface area (Å²) in [6, 6.07) is 0. The standard InChI is InChI=1S/C8H18O/c1-2-3-4-5-6-7-8-9/h9H,2-8H2,1H3/i1D3,2D2,3D2. The van der Waals surface area contributed by atoms with Crippen LogP contribution in [0.15, 0.2) is 0 Å². The predicted molar refractivity (Wildman–Crippen MR) is 40.5 cm³/mol. The molecule has 0 aromatic carbocycles. The average molecular weight is 137 g/mol. The summed E-state index contributed by atoms with van der Waals surface area (Å²) in [7, 11) is 0. The number of hydrogen-bond donors (Lipinski definition) is 1. The average Bonchev–Trinajstić information content (AvgIpc) is 2.10. The highest BCUT2D eigenvalue weighted by Crippen LogP contribution is 2.03. The Balaban J connectivity index is 4.41. The van der Waals surface area contributed by atoms with Crippen molar-refractivity contribution in [3.05, 3.63) is 0 Å². The van der Waals surface area contributed by atoms with Crippen molar-refractivity contribution in [3.8, 4) is 0 Å². The smallest absolute Gasteiger partial charge is 0.0431 e. The molecule has 0 unspecified atom stereocenters. The molecule has 0 rings (SSSR count). The number of unbranched alkanes of at least 4 members (excludes halogenated alkanes) is 2. The van der Waals surface area contributed by atoms with Gasteiger partial charge in [0.25, 0.3) is 0 Å². The van der Waals surface area contributed by atoms with Gasteiger partial charge in [-0.3, -0.25) is 0 Å². The molecular formula is C8H18O. The van der Waals surface area contributed by atoms with E-state index in [1.165, 1.54) is 0 Å². The Bertz CT molecular complexity index is 211. The summed E-state index contributed by atoms with van der Waals surface area (Å²) in [6.45, 7) is -2.96. The second kappa shape index (κ2) is 7.96. The second-order valence-electron chi connectivity index (χ2n) is 1.84. The SMILES string of the molecule is [2H]C([2H])([2H])C([2H])([2H])C([2H])([2H])CCCCCO. The summed E-state index contributed by atoms with van der Waals surface area (Å²) in [5.74, 6) is 0. The lowest BCUT2D eigenvalue weighted by Crippen LogP contribution is -1.82. The van der Waals surface area contributed by atoms with Crippen molar-refractivity contribution < 1.29 is 14.7 Å². The van der Waals surface area contributed by atoms with E-state index in [9.17, 15) is 0 Å². The van der Waals surface area contributed by atoms with Crippen LogP contribution in [0.4, 0.5) is 0 Å². The summed E-state index contributed by atoms with van der Waals surface area (Å²) >= 11 is 0. The third kappa shape index (κ3) is 7.96. The molecule has 0 fully saturated rings. The predicted octanol–water partition coefficient (Wildman–Crippen LogP) is 2.34. The van der Waals surface area contributed by atoms with Crippen LogP contribution in [-0.4, -0.2) is 11.7 Å². The second-order valence-corrected chi connectivity index (χ2v) is 1.84. The molecule has 56 valence electrons. The van der Waals surface area contributed by atoms with E-state index in [0.717, 1.165) is 0 Å². The van der Waals surface area contributed by atoms with Gasteiger partial charge in [-0.05, 0) is 6.42 Å². The summed E-state index contributed by atoms with van der Waals surface area (Å²) in [6.07, 6.45) is -3.94. The lowest BCUT2D eigenvalue weighted by atomic mass is 10.1. The van der Waals surface area contributed by atoms with Crippen molar-refractivity contribution in [2.24, 2.45) is 0 Å². The molecule has 0 radical (unpaired) electrons. The summed E-state index contributed by atoms with van der Waals surface area (Å²) < 4.78 is 50.6. The largest absolute Gasteiger partial charge is 0.396 e. The van der Waals surface area contributed by atoms with Gasteiger partial charge >= 0.3 is 0 Å². The maximum absolute atomic E-state index is 8.53. The van der Waals surface area contributed by atoms with E-state index >= 15 is 0 Å². The van der Waals surface area contributed by atoms with E-state index in [1.54, 1.807) is 0 Å². The Labute approximate surface area is 67.9 Å². The van der Waals surface area contributed by atoms with Crippen LogP contribution in [-0.2, 0) is 0 Å². The number of aliphatic hydroxyl groups excluding tert-OH is 1. The maximum atomic E-state index is 8.53. The van der Waals surface area contributed by atoms with Crippen LogP contribution < -0.4 is 0 Å². The monoisotopic (exact) mass is 137 g/mol. The number of hydrogen-bond acceptors (Lipinski definition) is 1. The molecule has 0 heterocycles. The van der Waals surface area contributed by atoms with E-state index in [2.05, 4.69) is 0 Å². The molecule has 0 saturated heterocycles. The molecule has 0 bridgehead atoms. The quantitative estimate of drug-likeness (QED) is 0.557. The molecule has 0 aromatic heterocycles. The van der Waals surface area contributed by atoms with Gasteiger partial charge in [-0.15, -0.1) is 0 Å². The first kappa shape index (κ1) is 2.54. The summed E-state index contributed by atoms with van der Waals surface area (Å²) in [5.41, 5.74) is 0. The Morgan fingerprint density at radius 3 is 2.78 bits per heavy atom. The number of aliphatic hydroxyl groups is 1. The third-order valence-electron chi connectivity index (χ3n) is 1.05. The molecule has 0 amide bonds. The number of rotatable bonds is 6. The first-order valence-electron chi connectivity index (χ1n) is 6.67. The van der Waals surface area contributed by atoms with E-state index < -0.39 is 19.6 Å². The zero-order valence-electron chi connectivity index (χ0n) is 12.5. The van der Waals surface area contributed by atoms with Crippen LogP contribution in [0.25, 0.3) is 0 Å². The highest BCUT2D eigenvalue weighted by atomic mass is 16.2. The van der Waals surface area contributed by atoms with Crippen LogP contribution in [0, 0.1) is 0 Å². The van der Waals surface area contributed by atoms with Gasteiger partial charge in [0.2, 0.25) is 0 Å². The lowest BCUT2D eigenvalue weighted by Gasteiger charge is -1.95. The fraction of sp³-hybridized carbons (Fsp3) is 1.00. The molecule has 1 heteroatoms. The molecule has 0 aliphatic rings. The Morgan fingerprint density at radius 1 is 1.33 bits per heavy atom. The molecule has 0 spiro atoms. The van der Waals surface area contributed by atoms with E-state index in [1.807, 2.05) is 0 Å². The highest BCUT2D eigenvalue weighted by molar-refractivity contribution is 4.41. The maximum Gasteiger partial charge on any atom is 0.0431 e. The van der Waals surface area contributed by atoms with E-state index in [0.29, 0.717) is 19.3 Å². The van der Waals surface area contributed by atoms with Crippen LogP contribution in [0.3, 0.4) is 0 Å². The van der Waals surface area contributed by atoms with Crippen LogP contribution in [0.1, 0.15) is 54.9 Å². The van der Waals surface area contributed by atoms with Crippen molar-refractivity contribution in [2.75, 3.05) is 6.61 Å². The minimum absolute atomic E-state index is 0.00909. The van der Waals surface area contributed by atoms with Crippen molar-refractivity contribution in [1.82, 2.24) is 0 Å². The Hall–Kier alpha value is -0.0400. The van der Waals surface area contributed by atoms with E-state index in [-0.39, 0.29) is 13.0 Å². The third-order valence-corrected chi connectivity index (χ3v) is 1.05. The molecule has 1 nitrogen and oxygen atoms in total. The lowest BCUT2D eigenvalue weighted by molar-refractivity contribution is 0.282. The van der Waals surface area contributed by atoms with Gasteiger partial charge in [0.1, 0.15) is 0 Å². The summed E-state index contributed by atoms with van der Waals surface area (Å²) in [4.78, 5) is 0. The topological polar surface area (TPSA) is 20.2 Å². The van der Waals surface area contributed by atoms with Crippen molar-refractivity contribution >= 4 is 0 Å². The van der Waals surface area contributed by atoms with Gasteiger partial charge in [-0.1, -0.05) is 38.9 Å². The summed E-state index contributed by atoms with van der Waals surface area (Å²) in [5, 5.41) is 8.53. The van der Waals surface area contributed by atoms with Gasteiger partial charge in [0, 0.05) is 16.2 Å². The molecule has 0 aromatic rings. The van der Waals surface area contributed by atoms with Gasteiger partial charge < -0.3 is 5.11 Å². The molecule has 1 N–H and O–H groups in total. The molecule has 0 aliphatic carbocycles. The molecule has 0 saturated carbocycles. The zero-order chi connectivity index (χ0) is 13.0. The van der Waals surface area contributed by atoms with E-state index in [4.69, 9.17) is 14.7 Å². The molecular weight excluding hydrogens is 112 g/mol. The molecule has 9 heavy (non-hydrogen) atoms. The fourth-order valence-electron chi connectivity index (χ4n) is 0.564. The van der Waals surface area contributed by atoms with Crippen LogP contribution >= 0.6 is 0 Å². The van der Waals surface area contributed by atoms with Gasteiger partial charge in [0.15, 0.2) is 0 Å². The van der Waals surface area contributed by atoms with Crippen molar-refractivity contribution in [3.63, 3.8) is 0 Å². The zero-order valence-corrected chi connectivity index (χ0v) is 5.48. The van der Waals surface area contributed by atoms with Gasteiger partial charge in [0.05, 0.1) is 0 Å². The first-order chi connectivity index (χ1) is 7.06. The normalized spacial score (nSPS) is 26.1. The van der Waals surface area contributed by atoms with Crippen LogP contribution in [0.5, 0.6) is 0 Å². The minimum Gasteiger partial charge on any atom is -0.396 e. The van der Waals surface area contributed by atoms with Crippen molar-refractivity contribution in [1.29, 1.82) is 0 Å². The van der Waals surface area contributed by atoms with Crippen LogP contribution in [0.2, 0.25) is 0 Å². The Morgan fingerprint density at radius 2 is 2.11 bits per heavy atom. The highest BCUT2D eigenvalue weighted by Gasteiger charge is 1.86.